The van der Waals surface area contributed by atoms with Crippen LogP contribution >= 0.6 is 0 Å². The highest BCUT2D eigenvalue weighted by molar-refractivity contribution is 5.34. The Morgan fingerprint density at radius 1 is 1.38 bits per heavy atom. The number of benzene rings is 1. The Morgan fingerprint density at radius 2 is 2.00 bits per heavy atom. The molecule has 0 unspecified atom stereocenters. The maximum Gasteiger partial charge on any atom is 0.132 e. The fourth-order valence-corrected chi connectivity index (χ4v) is 1.56. The lowest BCUT2D eigenvalue weighted by Crippen LogP contribution is -2.05. The van der Waals surface area contributed by atoms with Gasteiger partial charge in [-0.3, -0.25) is 0 Å². The lowest BCUT2D eigenvalue weighted by Gasteiger charge is -2.05. The average Bonchev–Trinajstić information content (AvgIpc) is 2.76. The van der Waals surface area contributed by atoms with Gasteiger partial charge in [0.25, 0.3) is 0 Å². The van der Waals surface area contributed by atoms with Crippen LogP contribution in [-0.2, 0) is 0 Å². The summed E-state index contributed by atoms with van der Waals surface area (Å²) in [5, 5.41) is 0. The molecule has 0 heterocycles. The molecule has 0 bridgehead atoms. The van der Waals surface area contributed by atoms with Gasteiger partial charge in [-0.1, -0.05) is 6.07 Å². The van der Waals surface area contributed by atoms with Gasteiger partial charge in [-0.2, -0.15) is 0 Å². The minimum Gasteiger partial charge on any atom is -0.327 e. The second-order valence-corrected chi connectivity index (χ2v) is 3.60. The van der Waals surface area contributed by atoms with Crippen LogP contribution in [0.5, 0.6) is 0 Å². The Hall–Kier alpha value is -0.960. The number of nitrogens with two attached hydrogens (primary N) is 1. The summed E-state index contributed by atoms with van der Waals surface area (Å²) in [5.74, 6) is -1.01. The monoisotopic (exact) mass is 183 g/mol. The SMILES string of the molecule is Cc1ccc(F)c([C@@H]2C[C@H]2N)c1F. The van der Waals surface area contributed by atoms with Crippen molar-refractivity contribution in [2.45, 2.75) is 25.3 Å². The second-order valence-electron chi connectivity index (χ2n) is 3.60. The van der Waals surface area contributed by atoms with Crippen LogP contribution in [0.15, 0.2) is 12.1 Å². The molecular formula is C10H11F2N. The molecule has 1 aromatic rings. The molecule has 1 aromatic carbocycles. The third-order valence-corrected chi connectivity index (χ3v) is 2.53. The first-order chi connectivity index (χ1) is 6.11. The van der Waals surface area contributed by atoms with Gasteiger partial charge >= 0.3 is 0 Å². The number of aryl methyl sites for hydroxylation is 1. The molecular weight excluding hydrogens is 172 g/mol. The maximum absolute atomic E-state index is 13.4. The van der Waals surface area contributed by atoms with Crippen molar-refractivity contribution in [3.05, 3.63) is 34.9 Å². The zero-order valence-electron chi connectivity index (χ0n) is 7.35. The van der Waals surface area contributed by atoms with Gasteiger partial charge in [-0.05, 0) is 25.0 Å². The molecule has 0 aromatic heterocycles. The van der Waals surface area contributed by atoms with Crippen LogP contribution in [0.4, 0.5) is 8.78 Å². The Kier molecular flexibility index (Phi) is 1.84. The molecule has 0 saturated heterocycles. The molecule has 0 amide bonds. The summed E-state index contributed by atoms with van der Waals surface area (Å²) in [6.45, 7) is 1.63. The highest BCUT2D eigenvalue weighted by atomic mass is 19.1. The lowest BCUT2D eigenvalue weighted by atomic mass is 10.1. The summed E-state index contributed by atoms with van der Waals surface area (Å²) in [6.07, 6.45) is 0.692. The van der Waals surface area contributed by atoms with Crippen LogP contribution < -0.4 is 5.73 Å². The number of rotatable bonds is 1. The Morgan fingerprint density at radius 3 is 2.54 bits per heavy atom. The average molecular weight is 183 g/mol. The molecule has 1 nitrogen and oxygen atoms in total. The van der Waals surface area contributed by atoms with E-state index in [0.29, 0.717) is 12.0 Å². The minimum absolute atomic E-state index is 0.0641. The summed E-state index contributed by atoms with van der Waals surface area (Å²) in [4.78, 5) is 0. The van der Waals surface area contributed by atoms with Crippen molar-refractivity contribution in [1.29, 1.82) is 0 Å². The van der Waals surface area contributed by atoms with Gasteiger partial charge in [0.05, 0.1) is 0 Å². The Balaban J connectivity index is 2.48. The van der Waals surface area contributed by atoms with Gasteiger partial charge in [0, 0.05) is 17.5 Å². The largest absolute Gasteiger partial charge is 0.327 e. The molecule has 0 spiro atoms. The topological polar surface area (TPSA) is 26.0 Å². The standard InChI is InChI=1S/C10H11F2N/c1-5-2-3-7(11)9(10(5)12)6-4-8(6)13/h2-3,6,8H,4,13H2,1H3/t6-,8-/m1/s1. The molecule has 1 saturated carbocycles. The minimum atomic E-state index is -0.471. The molecule has 70 valence electrons. The first-order valence-corrected chi connectivity index (χ1v) is 4.31. The molecule has 1 aliphatic rings. The molecule has 0 radical (unpaired) electrons. The predicted molar refractivity (Wildman–Crippen MR) is 46.4 cm³/mol. The van der Waals surface area contributed by atoms with E-state index in [4.69, 9.17) is 5.73 Å². The third kappa shape index (κ3) is 1.33. The molecule has 0 aliphatic heterocycles. The summed E-state index contributed by atoms with van der Waals surface area (Å²) in [7, 11) is 0. The van der Waals surface area contributed by atoms with E-state index in [9.17, 15) is 8.78 Å². The van der Waals surface area contributed by atoms with E-state index in [2.05, 4.69) is 0 Å². The van der Waals surface area contributed by atoms with E-state index in [1.807, 2.05) is 0 Å². The number of halogens is 2. The van der Waals surface area contributed by atoms with Crippen molar-refractivity contribution in [3.63, 3.8) is 0 Å². The van der Waals surface area contributed by atoms with Crippen LogP contribution in [-0.4, -0.2) is 6.04 Å². The van der Waals surface area contributed by atoms with Crippen LogP contribution in [0, 0.1) is 18.6 Å². The van der Waals surface area contributed by atoms with Crippen LogP contribution in [0.25, 0.3) is 0 Å². The van der Waals surface area contributed by atoms with Crippen molar-refractivity contribution in [1.82, 2.24) is 0 Å². The van der Waals surface area contributed by atoms with E-state index < -0.39 is 11.6 Å². The Labute approximate surface area is 75.6 Å². The highest BCUT2D eigenvalue weighted by Gasteiger charge is 2.39. The zero-order valence-corrected chi connectivity index (χ0v) is 7.35. The molecule has 2 rings (SSSR count). The van der Waals surface area contributed by atoms with Gasteiger partial charge in [0.1, 0.15) is 11.6 Å². The number of hydrogen-bond acceptors (Lipinski definition) is 1. The first-order valence-electron chi connectivity index (χ1n) is 4.31. The first kappa shape index (κ1) is 8.63. The van der Waals surface area contributed by atoms with E-state index in [-0.39, 0.29) is 17.5 Å². The number of hydrogen-bond donors (Lipinski definition) is 1. The third-order valence-electron chi connectivity index (χ3n) is 2.53. The zero-order chi connectivity index (χ0) is 9.59. The van der Waals surface area contributed by atoms with E-state index >= 15 is 0 Å². The summed E-state index contributed by atoms with van der Waals surface area (Å²) in [6, 6.07) is 2.69. The maximum atomic E-state index is 13.4. The second kappa shape index (κ2) is 2.77. The van der Waals surface area contributed by atoms with Gasteiger partial charge < -0.3 is 5.73 Å². The van der Waals surface area contributed by atoms with Crippen molar-refractivity contribution < 1.29 is 8.78 Å². The molecule has 3 heteroatoms. The van der Waals surface area contributed by atoms with Gasteiger partial charge in [0.2, 0.25) is 0 Å². The van der Waals surface area contributed by atoms with Gasteiger partial charge in [0.15, 0.2) is 0 Å². The van der Waals surface area contributed by atoms with Crippen molar-refractivity contribution in [2.24, 2.45) is 5.73 Å². The van der Waals surface area contributed by atoms with Gasteiger partial charge in [-0.25, -0.2) is 8.78 Å². The van der Waals surface area contributed by atoms with Crippen molar-refractivity contribution in [3.8, 4) is 0 Å². The summed E-state index contributed by atoms with van der Waals surface area (Å²) in [5.41, 5.74) is 6.21. The molecule has 13 heavy (non-hydrogen) atoms. The van der Waals surface area contributed by atoms with Crippen LogP contribution in [0.2, 0.25) is 0 Å². The van der Waals surface area contributed by atoms with E-state index in [0.717, 1.165) is 0 Å². The lowest BCUT2D eigenvalue weighted by molar-refractivity contribution is 0.549. The van der Waals surface area contributed by atoms with E-state index in [1.165, 1.54) is 12.1 Å². The van der Waals surface area contributed by atoms with Crippen molar-refractivity contribution >= 4 is 0 Å². The van der Waals surface area contributed by atoms with Gasteiger partial charge in [-0.15, -0.1) is 0 Å². The van der Waals surface area contributed by atoms with Crippen molar-refractivity contribution in [2.75, 3.05) is 0 Å². The smallest absolute Gasteiger partial charge is 0.132 e. The highest BCUT2D eigenvalue weighted by Crippen LogP contribution is 2.41. The molecule has 2 N–H and O–H groups in total. The summed E-state index contributed by atoms with van der Waals surface area (Å²) >= 11 is 0. The van der Waals surface area contributed by atoms with Crippen LogP contribution in [0.1, 0.15) is 23.5 Å². The quantitative estimate of drug-likeness (QED) is 0.708. The molecule has 1 aliphatic carbocycles. The Bertz CT molecular complexity index is 349. The summed E-state index contributed by atoms with van der Waals surface area (Å²) < 4.78 is 26.6. The fourth-order valence-electron chi connectivity index (χ4n) is 1.56. The normalized spacial score (nSPS) is 26.2. The molecule has 2 atom stereocenters. The predicted octanol–water partition coefficient (Wildman–Crippen LogP) is 2.09. The fraction of sp³-hybridized carbons (Fsp3) is 0.400. The van der Waals surface area contributed by atoms with Crippen LogP contribution in [0.3, 0.4) is 0 Å². The molecule has 1 fully saturated rings. The van der Waals surface area contributed by atoms with E-state index in [1.54, 1.807) is 6.92 Å².